The number of aryl methyl sites for hydroxylation is 2. The van der Waals surface area contributed by atoms with E-state index < -0.39 is 0 Å². The second-order valence-electron chi connectivity index (χ2n) is 6.55. The van der Waals surface area contributed by atoms with Crippen molar-refractivity contribution in [1.82, 2.24) is 14.9 Å². The Morgan fingerprint density at radius 3 is 2.88 bits per heavy atom. The van der Waals surface area contributed by atoms with Crippen molar-refractivity contribution in [2.75, 3.05) is 0 Å². The maximum absolute atomic E-state index is 12.3. The van der Waals surface area contributed by atoms with Crippen LogP contribution in [0.4, 0.5) is 0 Å². The monoisotopic (exact) mass is 331 g/mol. The predicted molar refractivity (Wildman–Crippen MR) is 102 cm³/mol. The van der Waals surface area contributed by atoms with E-state index in [9.17, 15) is 4.79 Å². The molecule has 0 bridgehead atoms. The summed E-state index contributed by atoms with van der Waals surface area (Å²) in [4.78, 5) is 15.5. The molecule has 2 N–H and O–H groups in total. The van der Waals surface area contributed by atoms with Crippen LogP contribution < -0.4 is 5.32 Å². The standard InChI is InChI=1S/C21H21N3O/c1-14-9-16-10-15(7-8-20(16)24(14)2)12-23-21(25)11-17-13-22-19-6-4-3-5-18(17)19/h3-10,13,22H,11-12H2,1-2H3,(H,23,25). The Morgan fingerprint density at radius 2 is 2.00 bits per heavy atom. The van der Waals surface area contributed by atoms with Gasteiger partial charge in [0.25, 0.3) is 0 Å². The molecule has 0 atom stereocenters. The van der Waals surface area contributed by atoms with Crippen molar-refractivity contribution in [3.05, 3.63) is 71.5 Å². The van der Waals surface area contributed by atoms with Gasteiger partial charge in [-0.05, 0) is 42.3 Å². The van der Waals surface area contributed by atoms with E-state index in [1.165, 1.54) is 16.6 Å². The lowest BCUT2D eigenvalue weighted by atomic mass is 10.1. The molecule has 0 unspecified atom stereocenters. The highest BCUT2D eigenvalue weighted by Gasteiger charge is 2.09. The SMILES string of the molecule is Cc1cc2cc(CNC(=O)Cc3c[nH]c4ccccc34)ccc2n1C. The summed E-state index contributed by atoms with van der Waals surface area (Å²) in [5, 5.41) is 5.35. The number of carbonyl (C=O) groups is 1. The zero-order chi connectivity index (χ0) is 17.4. The molecule has 2 aromatic carbocycles. The number of hydrogen-bond donors (Lipinski definition) is 2. The largest absolute Gasteiger partial charge is 0.361 e. The molecule has 126 valence electrons. The molecule has 4 nitrogen and oxygen atoms in total. The molecule has 0 saturated heterocycles. The summed E-state index contributed by atoms with van der Waals surface area (Å²) in [6.07, 6.45) is 2.31. The van der Waals surface area contributed by atoms with Crippen molar-refractivity contribution in [3.8, 4) is 0 Å². The normalized spacial score (nSPS) is 11.3. The van der Waals surface area contributed by atoms with Gasteiger partial charge in [-0.3, -0.25) is 4.79 Å². The highest BCUT2D eigenvalue weighted by atomic mass is 16.1. The maximum Gasteiger partial charge on any atom is 0.224 e. The molecule has 0 spiro atoms. The van der Waals surface area contributed by atoms with Crippen LogP contribution >= 0.6 is 0 Å². The summed E-state index contributed by atoms with van der Waals surface area (Å²) in [7, 11) is 2.07. The van der Waals surface area contributed by atoms with Crippen molar-refractivity contribution in [2.45, 2.75) is 19.9 Å². The minimum atomic E-state index is 0.0362. The number of nitrogens with zero attached hydrogens (tertiary/aromatic N) is 1. The molecule has 4 aromatic rings. The smallest absolute Gasteiger partial charge is 0.224 e. The lowest BCUT2D eigenvalue weighted by molar-refractivity contribution is -0.120. The first-order valence-electron chi connectivity index (χ1n) is 8.48. The van der Waals surface area contributed by atoms with Crippen LogP contribution in [0.25, 0.3) is 21.8 Å². The van der Waals surface area contributed by atoms with Gasteiger partial charge in [-0.15, -0.1) is 0 Å². The number of aromatic nitrogens is 2. The average molecular weight is 331 g/mol. The lowest BCUT2D eigenvalue weighted by Gasteiger charge is -2.06. The Kier molecular flexibility index (Phi) is 3.80. The second-order valence-corrected chi connectivity index (χ2v) is 6.55. The third-order valence-corrected chi connectivity index (χ3v) is 4.86. The first-order valence-corrected chi connectivity index (χ1v) is 8.48. The second kappa shape index (κ2) is 6.13. The fourth-order valence-electron chi connectivity index (χ4n) is 3.36. The fraction of sp³-hybridized carbons (Fsp3) is 0.190. The minimum Gasteiger partial charge on any atom is -0.361 e. The lowest BCUT2D eigenvalue weighted by Crippen LogP contribution is -2.24. The Morgan fingerprint density at radius 1 is 1.16 bits per heavy atom. The topological polar surface area (TPSA) is 49.8 Å². The van der Waals surface area contributed by atoms with Crippen molar-refractivity contribution >= 4 is 27.7 Å². The average Bonchev–Trinajstić information content (AvgIpc) is 3.14. The summed E-state index contributed by atoms with van der Waals surface area (Å²) < 4.78 is 2.18. The van der Waals surface area contributed by atoms with Crippen LogP contribution in [0, 0.1) is 6.92 Å². The molecule has 2 heterocycles. The molecule has 0 aliphatic carbocycles. The van der Waals surface area contributed by atoms with Gasteiger partial charge in [-0.25, -0.2) is 0 Å². The molecule has 0 fully saturated rings. The number of amides is 1. The van der Waals surface area contributed by atoms with Crippen LogP contribution in [0.3, 0.4) is 0 Å². The van der Waals surface area contributed by atoms with Crippen molar-refractivity contribution < 1.29 is 4.79 Å². The summed E-state index contributed by atoms with van der Waals surface area (Å²) in [5.74, 6) is 0.0362. The molecule has 0 aliphatic heterocycles. The van der Waals surface area contributed by atoms with Gasteiger partial charge < -0.3 is 14.9 Å². The van der Waals surface area contributed by atoms with E-state index in [-0.39, 0.29) is 5.91 Å². The fourth-order valence-corrected chi connectivity index (χ4v) is 3.36. The molecular weight excluding hydrogens is 310 g/mol. The van der Waals surface area contributed by atoms with Crippen molar-refractivity contribution in [2.24, 2.45) is 7.05 Å². The van der Waals surface area contributed by atoms with E-state index in [1.807, 2.05) is 30.5 Å². The van der Waals surface area contributed by atoms with E-state index in [1.54, 1.807) is 0 Å². The third kappa shape index (κ3) is 2.91. The number of H-pyrrole nitrogens is 1. The van der Waals surface area contributed by atoms with E-state index in [0.717, 1.165) is 22.0 Å². The summed E-state index contributed by atoms with van der Waals surface area (Å²) >= 11 is 0. The molecule has 2 aromatic heterocycles. The number of fused-ring (bicyclic) bond motifs is 2. The minimum absolute atomic E-state index is 0.0362. The van der Waals surface area contributed by atoms with Gasteiger partial charge in [0.05, 0.1) is 6.42 Å². The quantitative estimate of drug-likeness (QED) is 0.587. The Labute approximate surface area is 146 Å². The van der Waals surface area contributed by atoms with Gasteiger partial charge in [-0.2, -0.15) is 0 Å². The number of rotatable bonds is 4. The van der Waals surface area contributed by atoms with Crippen molar-refractivity contribution in [1.29, 1.82) is 0 Å². The highest BCUT2D eigenvalue weighted by Crippen LogP contribution is 2.20. The van der Waals surface area contributed by atoms with Crippen molar-refractivity contribution in [3.63, 3.8) is 0 Å². The third-order valence-electron chi connectivity index (χ3n) is 4.86. The molecule has 4 rings (SSSR count). The van der Waals surface area contributed by atoms with Gasteiger partial charge in [0, 0.05) is 47.3 Å². The zero-order valence-corrected chi connectivity index (χ0v) is 14.5. The van der Waals surface area contributed by atoms with Crippen LogP contribution in [0.5, 0.6) is 0 Å². The molecule has 25 heavy (non-hydrogen) atoms. The van der Waals surface area contributed by atoms with E-state index in [4.69, 9.17) is 0 Å². The maximum atomic E-state index is 12.3. The summed E-state index contributed by atoms with van der Waals surface area (Å²) in [6, 6.07) is 16.6. The Balaban J connectivity index is 1.45. The van der Waals surface area contributed by atoms with Crippen LogP contribution in [-0.2, 0) is 24.8 Å². The van der Waals surface area contributed by atoms with Crippen LogP contribution in [0.2, 0.25) is 0 Å². The van der Waals surface area contributed by atoms with E-state index in [0.29, 0.717) is 13.0 Å². The first-order chi connectivity index (χ1) is 12.1. The summed E-state index contributed by atoms with van der Waals surface area (Å²) in [5.41, 5.74) is 5.66. The number of nitrogens with one attached hydrogen (secondary N) is 2. The van der Waals surface area contributed by atoms with Gasteiger partial charge in [0.1, 0.15) is 0 Å². The molecule has 0 aliphatic rings. The number of benzene rings is 2. The Hall–Kier alpha value is -3.01. The Bertz CT molecular complexity index is 1070. The van der Waals surface area contributed by atoms with Gasteiger partial charge in [-0.1, -0.05) is 24.3 Å². The van der Waals surface area contributed by atoms with Gasteiger partial charge >= 0.3 is 0 Å². The number of para-hydroxylation sites is 1. The van der Waals surface area contributed by atoms with E-state index in [2.05, 4.69) is 53.1 Å². The van der Waals surface area contributed by atoms with Crippen LogP contribution in [-0.4, -0.2) is 15.5 Å². The van der Waals surface area contributed by atoms with Crippen LogP contribution in [0.1, 0.15) is 16.8 Å². The van der Waals surface area contributed by atoms with E-state index >= 15 is 0 Å². The summed E-state index contributed by atoms with van der Waals surface area (Å²) in [6.45, 7) is 2.65. The molecule has 4 heteroatoms. The molecular formula is C21H21N3O. The highest BCUT2D eigenvalue weighted by molar-refractivity contribution is 5.89. The number of aromatic amines is 1. The molecule has 1 amide bonds. The van der Waals surface area contributed by atoms with Gasteiger partial charge in [0.2, 0.25) is 5.91 Å². The zero-order valence-electron chi connectivity index (χ0n) is 14.5. The van der Waals surface area contributed by atoms with Crippen LogP contribution in [0.15, 0.2) is 54.7 Å². The molecule has 0 saturated carbocycles. The predicted octanol–water partition coefficient (Wildman–Crippen LogP) is 3.83. The molecule has 0 radical (unpaired) electrons. The van der Waals surface area contributed by atoms with Gasteiger partial charge in [0.15, 0.2) is 0 Å². The first kappa shape index (κ1) is 15.5. The number of carbonyl (C=O) groups excluding carboxylic acids is 1. The number of hydrogen-bond acceptors (Lipinski definition) is 1.